The van der Waals surface area contributed by atoms with E-state index in [4.69, 9.17) is 9.97 Å². The quantitative estimate of drug-likeness (QED) is 0.146. The van der Waals surface area contributed by atoms with E-state index in [2.05, 4.69) is 205 Å². The maximum absolute atomic E-state index is 12.0. The van der Waals surface area contributed by atoms with Crippen LogP contribution in [0.1, 0.15) is 76.6 Å². The first-order valence-electron chi connectivity index (χ1n) is 20.8. The molecular weight excluding hydrogens is 926 g/mol. The molecule has 0 aliphatic heterocycles. The van der Waals surface area contributed by atoms with Gasteiger partial charge in [-0.25, -0.2) is 4.98 Å². The Balaban J connectivity index is 0.00000561. The van der Waals surface area contributed by atoms with Crippen LogP contribution >= 0.6 is 0 Å². The van der Waals surface area contributed by atoms with Gasteiger partial charge in [0.25, 0.3) is 0 Å². The number of phenols is 1. The van der Waals surface area contributed by atoms with Gasteiger partial charge in [0, 0.05) is 50.0 Å². The Morgan fingerprint density at radius 3 is 1.82 bits per heavy atom. The van der Waals surface area contributed by atoms with Gasteiger partial charge >= 0.3 is 0 Å². The Bertz CT molecular complexity index is 2740. The molecule has 1 unspecified atom stereocenters. The van der Waals surface area contributed by atoms with Gasteiger partial charge in [0.2, 0.25) is 0 Å². The fraction of sp³-hybridized carbons (Fsp3) is 0.179. The van der Waals surface area contributed by atoms with E-state index in [1.807, 2.05) is 30.5 Å². The molecule has 2 heterocycles. The number of rotatable bonds is 9. The molecule has 0 saturated heterocycles. The van der Waals surface area contributed by atoms with Gasteiger partial charge in [-0.15, -0.1) is 29.8 Å². The van der Waals surface area contributed by atoms with Crippen LogP contribution in [0, 0.1) is 6.07 Å². The second-order valence-corrected chi connectivity index (χ2v) is 17.7. The van der Waals surface area contributed by atoms with Gasteiger partial charge in [0.05, 0.1) is 5.69 Å². The summed E-state index contributed by atoms with van der Waals surface area (Å²) in [6.45, 7) is 15.3. The average molecular weight is 978 g/mol. The van der Waals surface area contributed by atoms with Crippen molar-refractivity contribution in [2.45, 2.75) is 65.2 Å². The second kappa shape index (κ2) is 17.9. The topological polar surface area (TPSA) is 49.2 Å². The van der Waals surface area contributed by atoms with Gasteiger partial charge in [-0.05, 0) is 97.6 Å². The van der Waals surface area contributed by atoms with E-state index in [-0.39, 0.29) is 37.6 Å². The molecule has 1 atom stereocenters. The minimum Gasteiger partial charge on any atom is -0.507 e. The predicted octanol–water partition coefficient (Wildman–Crippen LogP) is 14.9. The first-order chi connectivity index (χ1) is 28.8. The van der Waals surface area contributed by atoms with Gasteiger partial charge in [0.15, 0.2) is 0 Å². The van der Waals surface area contributed by atoms with E-state index in [0.717, 1.165) is 67.4 Å². The zero-order chi connectivity index (χ0) is 42.0. The average Bonchev–Trinajstić information content (AvgIpc) is 3.26. The zero-order valence-electron chi connectivity index (χ0n) is 35.9. The van der Waals surface area contributed by atoms with E-state index < -0.39 is 0 Å². The molecule has 0 spiro atoms. The summed E-state index contributed by atoms with van der Waals surface area (Å²) in [5, 5.41) is 12.0. The van der Waals surface area contributed by atoms with Crippen LogP contribution in [-0.4, -0.2) is 15.1 Å². The normalized spacial score (nSPS) is 12.0. The van der Waals surface area contributed by atoms with Crippen molar-refractivity contribution in [2.75, 3.05) is 4.90 Å². The van der Waals surface area contributed by atoms with Crippen molar-refractivity contribution in [3.63, 3.8) is 0 Å². The maximum atomic E-state index is 12.0. The first-order valence-corrected chi connectivity index (χ1v) is 20.8. The van der Waals surface area contributed by atoms with E-state index in [9.17, 15) is 5.11 Å². The number of pyridine rings is 2. The SMILES string of the molecule is CC(c1ccccc1)c1ccc(-c2ccnc(N(c3[c-]c(-c4cc(-c5ccccc5)cc(-c5cc(C(C)(C)C)cc(C(C)(C)C)c5O)n4)ccc3)c3ccccc3)c2)cc1.[Pt]. The van der Waals surface area contributed by atoms with Crippen molar-refractivity contribution in [1.82, 2.24) is 9.97 Å². The van der Waals surface area contributed by atoms with Gasteiger partial charge in [0.1, 0.15) is 11.6 Å². The first kappa shape index (κ1) is 43.0. The van der Waals surface area contributed by atoms with E-state index in [1.165, 1.54) is 11.1 Å². The Kier molecular flexibility index (Phi) is 12.6. The van der Waals surface area contributed by atoms with Crippen molar-refractivity contribution in [3.05, 3.63) is 204 Å². The third-order valence-electron chi connectivity index (χ3n) is 11.3. The molecule has 0 aliphatic rings. The Morgan fingerprint density at radius 1 is 0.557 bits per heavy atom. The van der Waals surface area contributed by atoms with Crippen molar-refractivity contribution in [3.8, 4) is 50.5 Å². The van der Waals surface area contributed by atoms with E-state index in [0.29, 0.717) is 11.6 Å². The molecule has 0 amide bonds. The van der Waals surface area contributed by atoms with Gasteiger partial charge in [-0.1, -0.05) is 164 Å². The molecule has 0 fully saturated rings. The molecule has 0 aliphatic carbocycles. The summed E-state index contributed by atoms with van der Waals surface area (Å²) >= 11 is 0. The number of benzene rings is 6. The van der Waals surface area contributed by atoms with Gasteiger partial charge in [-0.3, -0.25) is 4.98 Å². The Hall–Kier alpha value is -6.09. The Labute approximate surface area is 376 Å². The Morgan fingerprint density at radius 2 is 1.16 bits per heavy atom. The van der Waals surface area contributed by atoms with Crippen LogP contribution < -0.4 is 4.90 Å². The van der Waals surface area contributed by atoms with Crippen molar-refractivity contribution >= 4 is 17.2 Å². The minimum absolute atomic E-state index is 0. The number of anilines is 3. The fourth-order valence-electron chi connectivity index (χ4n) is 7.77. The van der Waals surface area contributed by atoms with Crippen LogP contribution in [0.4, 0.5) is 17.2 Å². The molecule has 6 aromatic carbocycles. The van der Waals surface area contributed by atoms with Crippen molar-refractivity contribution in [1.29, 1.82) is 0 Å². The molecule has 0 radical (unpaired) electrons. The van der Waals surface area contributed by atoms with Crippen molar-refractivity contribution in [2.24, 2.45) is 0 Å². The summed E-state index contributed by atoms with van der Waals surface area (Å²) in [6.07, 6.45) is 1.88. The second-order valence-electron chi connectivity index (χ2n) is 17.7. The molecule has 8 aromatic rings. The molecule has 308 valence electrons. The molecule has 0 saturated carbocycles. The molecule has 1 N–H and O–H groups in total. The predicted molar refractivity (Wildman–Crippen MR) is 250 cm³/mol. The van der Waals surface area contributed by atoms with Crippen LogP contribution in [0.3, 0.4) is 0 Å². The molecule has 5 heteroatoms. The standard InChI is InChI=1S/C56H52N3O.Pt/c1-38(39-18-11-8-12-19-39)40-26-28-42(29-27-40)43-30-31-57-53(35-43)59(47-23-15-10-16-24-47)48-25-17-22-44(32-48)51-33-45(41-20-13-9-14-21-41)34-52(58-51)49-36-46(55(2,3)4)37-50(54(49)60)56(5,6)7;/h8-31,33-38,60H,1-7H3;/q-1;. The summed E-state index contributed by atoms with van der Waals surface area (Å²) < 4.78 is 0. The number of nitrogens with zero attached hydrogens (tertiary/aromatic N) is 3. The fourth-order valence-corrected chi connectivity index (χ4v) is 7.77. The van der Waals surface area contributed by atoms with Gasteiger partial charge in [-0.2, -0.15) is 0 Å². The molecule has 8 rings (SSSR count). The summed E-state index contributed by atoms with van der Waals surface area (Å²) in [5.74, 6) is 1.33. The molecule has 61 heavy (non-hydrogen) atoms. The number of aromatic hydroxyl groups is 1. The summed E-state index contributed by atoms with van der Waals surface area (Å²) in [6, 6.07) is 62.8. The van der Waals surface area contributed by atoms with Crippen LogP contribution in [0.15, 0.2) is 176 Å². The number of hydrogen-bond acceptors (Lipinski definition) is 4. The largest absolute Gasteiger partial charge is 0.507 e. The molecule has 0 bridgehead atoms. The maximum Gasteiger partial charge on any atom is 0.136 e. The van der Waals surface area contributed by atoms with Crippen LogP contribution in [-0.2, 0) is 31.9 Å². The van der Waals surface area contributed by atoms with E-state index >= 15 is 0 Å². The van der Waals surface area contributed by atoms with Gasteiger partial charge < -0.3 is 10.0 Å². The van der Waals surface area contributed by atoms with E-state index in [1.54, 1.807) is 0 Å². The molecular formula is C56H52N3OPt-. The number of phenolic OH excluding ortho intramolecular Hbond substituents is 1. The molecule has 2 aromatic heterocycles. The van der Waals surface area contributed by atoms with Crippen LogP contribution in [0.2, 0.25) is 0 Å². The number of aromatic nitrogens is 2. The smallest absolute Gasteiger partial charge is 0.136 e. The third kappa shape index (κ3) is 9.46. The van der Waals surface area contributed by atoms with Crippen molar-refractivity contribution < 1.29 is 26.2 Å². The molecule has 4 nitrogen and oxygen atoms in total. The monoisotopic (exact) mass is 977 g/mol. The van der Waals surface area contributed by atoms with Crippen LogP contribution in [0.5, 0.6) is 5.75 Å². The minimum atomic E-state index is -0.279. The third-order valence-corrected chi connectivity index (χ3v) is 11.3. The number of hydrogen-bond donors (Lipinski definition) is 1. The summed E-state index contributed by atoms with van der Waals surface area (Å²) in [4.78, 5) is 12.4. The summed E-state index contributed by atoms with van der Waals surface area (Å²) in [7, 11) is 0. The zero-order valence-corrected chi connectivity index (χ0v) is 38.2. The number of para-hydroxylation sites is 1. The summed E-state index contributed by atoms with van der Waals surface area (Å²) in [5.41, 5.74) is 13.3. The van der Waals surface area contributed by atoms with Crippen LogP contribution in [0.25, 0.3) is 44.8 Å².